The Morgan fingerprint density at radius 3 is 2.66 bits per heavy atom. The Labute approximate surface area is 186 Å². The van der Waals surface area contributed by atoms with Gasteiger partial charge in [-0.25, -0.2) is 0 Å². The van der Waals surface area contributed by atoms with Gasteiger partial charge in [-0.1, -0.05) is 20.3 Å². The van der Waals surface area contributed by atoms with Crippen molar-refractivity contribution in [1.29, 1.82) is 0 Å². The molecule has 2 aliphatic heterocycles. The minimum Gasteiger partial charge on any atom is -0.421 e. The Kier molecular flexibility index (Phi) is 7.24. The van der Waals surface area contributed by atoms with E-state index in [4.69, 9.17) is 9.15 Å². The molecule has 10 nitrogen and oxygen atoms in total. The molecule has 0 saturated carbocycles. The van der Waals surface area contributed by atoms with Gasteiger partial charge in [-0.15, -0.1) is 10.2 Å². The maximum atomic E-state index is 13.0. The highest BCUT2D eigenvalue weighted by Crippen LogP contribution is 2.44. The molecule has 2 atom stereocenters. The molecule has 172 valence electrons. The normalized spacial score (nSPS) is 21.4. The fourth-order valence-electron chi connectivity index (χ4n) is 4.24. The van der Waals surface area contributed by atoms with E-state index in [1.165, 1.54) is 13.5 Å². The highest BCUT2D eigenvalue weighted by atomic mass is 16.5. The zero-order valence-electron chi connectivity index (χ0n) is 18.8. The molecular weight excluding hydrogens is 414 g/mol. The summed E-state index contributed by atoms with van der Waals surface area (Å²) in [4.78, 5) is 39.1. The number of nitrogens with one attached hydrogen (secondary N) is 2. The lowest BCUT2D eigenvalue weighted by Crippen LogP contribution is -2.68. The Bertz CT molecular complexity index is 991. The second kappa shape index (κ2) is 9.90. The highest BCUT2D eigenvalue weighted by molar-refractivity contribution is 6.09. The number of anilines is 1. The van der Waals surface area contributed by atoms with Crippen molar-refractivity contribution in [1.82, 2.24) is 20.8 Å². The van der Waals surface area contributed by atoms with Gasteiger partial charge in [0, 0.05) is 31.8 Å². The number of carbonyl (C=O) groups excluding carboxylic acids is 3. The number of ether oxygens (including phenoxy) is 1. The molecule has 2 aliphatic rings. The lowest BCUT2D eigenvalue weighted by Gasteiger charge is -2.50. The fourth-order valence-corrected chi connectivity index (χ4v) is 4.24. The number of rotatable bonds is 4. The Morgan fingerprint density at radius 1 is 1.28 bits per heavy atom. The van der Waals surface area contributed by atoms with E-state index in [0.717, 1.165) is 11.3 Å². The van der Waals surface area contributed by atoms with Crippen LogP contribution in [0.5, 0.6) is 0 Å². The number of morpholine rings is 1. The van der Waals surface area contributed by atoms with Crippen LogP contribution < -0.4 is 15.5 Å². The average Bonchev–Trinajstić information content (AvgIpc) is 3.24. The number of hydrogen-bond acceptors (Lipinski definition) is 8. The highest BCUT2D eigenvalue weighted by Gasteiger charge is 2.57. The molecule has 3 heterocycles. The van der Waals surface area contributed by atoms with Gasteiger partial charge >= 0.3 is 0 Å². The van der Waals surface area contributed by atoms with Crippen LogP contribution in [-0.4, -0.2) is 61.3 Å². The SMILES string of the molecule is CCC.CNC(=O)[C@@]1(C(=O)NC=O)Cc2cc(-c3nnc(C)o3)ccc2N2CCOC[C@@H]21. The van der Waals surface area contributed by atoms with Gasteiger partial charge in [0.1, 0.15) is 0 Å². The lowest BCUT2D eigenvalue weighted by atomic mass is 9.69. The van der Waals surface area contributed by atoms with Crippen LogP contribution in [0, 0.1) is 12.3 Å². The molecule has 2 N–H and O–H groups in total. The third kappa shape index (κ3) is 4.10. The van der Waals surface area contributed by atoms with Crippen LogP contribution in [0.15, 0.2) is 22.6 Å². The molecule has 0 spiro atoms. The summed E-state index contributed by atoms with van der Waals surface area (Å²) in [6.07, 6.45) is 1.65. The first kappa shape index (κ1) is 23.4. The van der Waals surface area contributed by atoms with Crippen molar-refractivity contribution < 1.29 is 23.5 Å². The van der Waals surface area contributed by atoms with Crippen molar-refractivity contribution in [2.45, 2.75) is 39.7 Å². The molecule has 1 saturated heterocycles. The predicted molar refractivity (Wildman–Crippen MR) is 117 cm³/mol. The van der Waals surface area contributed by atoms with Crippen molar-refractivity contribution in [2.24, 2.45) is 5.41 Å². The number of benzene rings is 1. The molecular formula is C22H29N5O5. The van der Waals surface area contributed by atoms with Gasteiger partial charge in [0.15, 0.2) is 5.41 Å². The zero-order chi connectivity index (χ0) is 23.3. The van der Waals surface area contributed by atoms with Gasteiger partial charge < -0.3 is 19.4 Å². The second-order valence-electron chi connectivity index (χ2n) is 7.78. The summed E-state index contributed by atoms with van der Waals surface area (Å²) in [7, 11) is 1.47. The van der Waals surface area contributed by atoms with Crippen LogP contribution >= 0.6 is 0 Å². The lowest BCUT2D eigenvalue weighted by molar-refractivity contribution is -0.148. The molecule has 1 aromatic heterocycles. The molecule has 4 rings (SSSR count). The monoisotopic (exact) mass is 443 g/mol. The van der Waals surface area contributed by atoms with Crippen LogP contribution in [0.4, 0.5) is 5.69 Å². The third-order valence-corrected chi connectivity index (χ3v) is 5.56. The van der Waals surface area contributed by atoms with Gasteiger partial charge in [-0.3, -0.25) is 19.7 Å². The van der Waals surface area contributed by atoms with E-state index in [1.54, 1.807) is 6.92 Å². The summed E-state index contributed by atoms with van der Waals surface area (Å²) in [5, 5.41) is 12.7. The fraction of sp³-hybridized carbons (Fsp3) is 0.500. The minimum atomic E-state index is -1.52. The van der Waals surface area contributed by atoms with E-state index in [-0.39, 0.29) is 13.0 Å². The standard InChI is InChI=1S/C19H21N5O5.C3H8/c1-11-22-23-16(29-11)12-3-4-14-13(7-12)8-19(17(26)20-2,18(27)21-10-25)15-9-28-6-5-24(14)15;1-3-2/h3-4,7,10,15H,5-6,8-9H2,1-2H3,(H,20,26)(H,21,25,27);3H2,1-2H3/t15-,19-;/m1./s1. The molecule has 1 aromatic carbocycles. The largest absolute Gasteiger partial charge is 0.421 e. The first-order chi connectivity index (χ1) is 15.4. The molecule has 10 heteroatoms. The molecule has 0 radical (unpaired) electrons. The van der Waals surface area contributed by atoms with Crippen LogP contribution in [0.25, 0.3) is 11.5 Å². The molecule has 0 bridgehead atoms. The summed E-state index contributed by atoms with van der Waals surface area (Å²) < 4.78 is 11.1. The summed E-state index contributed by atoms with van der Waals surface area (Å²) in [6.45, 7) is 7.14. The minimum absolute atomic E-state index is 0.104. The zero-order valence-corrected chi connectivity index (χ0v) is 18.8. The van der Waals surface area contributed by atoms with Gasteiger partial charge in [0.05, 0.1) is 19.3 Å². The molecule has 3 amide bonds. The second-order valence-corrected chi connectivity index (χ2v) is 7.78. The molecule has 1 fully saturated rings. The maximum absolute atomic E-state index is 13.0. The number of carbonyl (C=O) groups is 3. The summed E-state index contributed by atoms with van der Waals surface area (Å²) in [5.74, 6) is -0.326. The Balaban J connectivity index is 0.000000913. The van der Waals surface area contributed by atoms with Crippen molar-refractivity contribution in [3.05, 3.63) is 29.7 Å². The summed E-state index contributed by atoms with van der Waals surface area (Å²) in [6, 6.07) is 5.10. The van der Waals surface area contributed by atoms with Crippen molar-refractivity contribution in [3.8, 4) is 11.5 Å². The smallest absolute Gasteiger partial charge is 0.247 e. The van der Waals surface area contributed by atoms with E-state index in [0.29, 0.717) is 36.9 Å². The number of fused-ring (bicyclic) bond motifs is 3. The Hall–Kier alpha value is -3.27. The van der Waals surface area contributed by atoms with E-state index in [1.807, 2.05) is 23.1 Å². The number of amides is 3. The molecule has 0 unspecified atom stereocenters. The molecule has 0 aliphatic carbocycles. The Morgan fingerprint density at radius 2 is 2.03 bits per heavy atom. The first-order valence-electron chi connectivity index (χ1n) is 10.7. The van der Waals surface area contributed by atoms with Gasteiger partial charge in [-0.2, -0.15) is 0 Å². The van der Waals surface area contributed by atoms with Gasteiger partial charge in [-0.05, 0) is 30.2 Å². The van der Waals surface area contributed by atoms with Crippen molar-refractivity contribution >= 4 is 23.9 Å². The van der Waals surface area contributed by atoms with E-state index < -0.39 is 23.3 Å². The maximum Gasteiger partial charge on any atom is 0.247 e. The summed E-state index contributed by atoms with van der Waals surface area (Å²) >= 11 is 0. The third-order valence-electron chi connectivity index (χ3n) is 5.56. The number of hydrogen-bond donors (Lipinski definition) is 2. The van der Waals surface area contributed by atoms with E-state index >= 15 is 0 Å². The van der Waals surface area contributed by atoms with Gasteiger partial charge in [0.2, 0.25) is 30.0 Å². The van der Waals surface area contributed by atoms with E-state index in [2.05, 4.69) is 34.7 Å². The predicted octanol–water partition coefficient (Wildman–Crippen LogP) is 1.23. The van der Waals surface area contributed by atoms with Crippen LogP contribution in [0.3, 0.4) is 0 Å². The van der Waals surface area contributed by atoms with Crippen molar-refractivity contribution in [2.75, 3.05) is 31.7 Å². The van der Waals surface area contributed by atoms with Gasteiger partial charge in [0.25, 0.3) is 0 Å². The number of nitrogens with zero attached hydrogens (tertiary/aromatic N) is 3. The average molecular weight is 444 g/mol. The first-order valence-corrected chi connectivity index (χ1v) is 10.7. The quantitative estimate of drug-likeness (QED) is 0.534. The topological polar surface area (TPSA) is 127 Å². The molecule has 2 aromatic rings. The number of aromatic nitrogens is 2. The molecule has 32 heavy (non-hydrogen) atoms. The van der Waals surface area contributed by atoms with E-state index in [9.17, 15) is 14.4 Å². The summed E-state index contributed by atoms with van der Waals surface area (Å²) in [5.41, 5.74) is 0.863. The van der Waals surface area contributed by atoms with Crippen LogP contribution in [0.2, 0.25) is 0 Å². The number of aryl methyl sites for hydroxylation is 1. The van der Waals surface area contributed by atoms with Crippen LogP contribution in [-0.2, 0) is 25.5 Å². The van der Waals surface area contributed by atoms with Crippen LogP contribution in [0.1, 0.15) is 31.7 Å². The number of imide groups is 1. The van der Waals surface area contributed by atoms with Crippen molar-refractivity contribution in [3.63, 3.8) is 0 Å².